The first-order valence-corrected chi connectivity index (χ1v) is 23.4. The number of nitrogens with zero attached hydrogens (tertiary/aromatic N) is 1. The number of quaternary nitrogens is 1. The third kappa shape index (κ3) is 42.9. The first-order chi connectivity index (χ1) is 28.6. The van der Waals surface area contributed by atoms with Crippen LogP contribution < -0.4 is 5.11 Å². The minimum atomic E-state index is -1.62. The van der Waals surface area contributed by atoms with E-state index in [4.69, 9.17) is 18.9 Å². The molecule has 59 heavy (non-hydrogen) atoms. The highest BCUT2D eigenvalue weighted by Gasteiger charge is 2.21. The molecule has 2 unspecified atom stereocenters. The van der Waals surface area contributed by atoms with Gasteiger partial charge in [0.1, 0.15) is 13.2 Å². The summed E-state index contributed by atoms with van der Waals surface area (Å²) in [5.74, 6) is -2.31. The number of carbonyl (C=O) groups is 3. The molecule has 0 saturated heterocycles. The summed E-state index contributed by atoms with van der Waals surface area (Å²) in [6.45, 7) is 4.56. The molecule has 0 rings (SSSR count). The lowest BCUT2D eigenvalue weighted by Gasteiger charge is -2.26. The first-order valence-electron chi connectivity index (χ1n) is 23.4. The molecule has 0 radical (unpaired) electrons. The van der Waals surface area contributed by atoms with Crippen molar-refractivity contribution in [2.75, 3.05) is 47.5 Å². The SMILES string of the molecule is CC/C=C\C/C=C\C/C=C\C/C=C\CCCCCCCCCCCCC(=O)OC(COC(=O)CCCCCCC/C=C\CCCC)COC(OCC[N+](C)(C)C)C(=O)[O-]. The summed E-state index contributed by atoms with van der Waals surface area (Å²) in [4.78, 5) is 37.0. The number of hydrogen-bond acceptors (Lipinski definition) is 8. The zero-order chi connectivity index (χ0) is 43.5. The third-order valence-electron chi connectivity index (χ3n) is 9.75. The second kappa shape index (κ2) is 41.7. The predicted octanol–water partition coefficient (Wildman–Crippen LogP) is 11.2. The van der Waals surface area contributed by atoms with Gasteiger partial charge in [0.2, 0.25) is 0 Å². The van der Waals surface area contributed by atoms with Gasteiger partial charge < -0.3 is 33.3 Å². The van der Waals surface area contributed by atoms with E-state index in [-0.39, 0.29) is 38.6 Å². The van der Waals surface area contributed by atoms with Crippen LogP contribution in [0.4, 0.5) is 0 Å². The summed E-state index contributed by atoms with van der Waals surface area (Å²) in [5.41, 5.74) is 0. The monoisotopic (exact) mass is 830 g/mol. The van der Waals surface area contributed by atoms with E-state index in [2.05, 4.69) is 74.6 Å². The molecule has 9 heteroatoms. The molecule has 340 valence electrons. The fourth-order valence-electron chi connectivity index (χ4n) is 6.09. The molecule has 9 nitrogen and oxygen atoms in total. The van der Waals surface area contributed by atoms with Crippen molar-refractivity contribution in [2.45, 2.75) is 193 Å². The van der Waals surface area contributed by atoms with Crippen molar-refractivity contribution in [1.82, 2.24) is 0 Å². The van der Waals surface area contributed by atoms with Crippen molar-refractivity contribution in [1.29, 1.82) is 0 Å². The average Bonchev–Trinajstić information content (AvgIpc) is 3.19. The standard InChI is InChI=1S/C50H87NO8/c1-6-8-10-12-14-16-18-19-20-21-22-23-24-25-26-27-28-29-31-33-35-37-39-41-48(53)59-46(45-58-50(49(54)55)56-43-42-51(3,4)5)44-57-47(52)40-38-36-34-32-30-17-15-13-11-9-7-2/h8,10,13-16,19-20,22-23,46,50H,6-7,9,11-12,17-18,21,24-45H2,1-5H3/b10-8-,15-13-,16-14-,20-19-,23-22-. The Balaban J connectivity index is 4.34. The minimum absolute atomic E-state index is 0.143. The van der Waals surface area contributed by atoms with Crippen LogP contribution in [0.2, 0.25) is 0 Å². The van der Waals surface area contributed by atoms with E-state index in [9.17, 15) is 19.5 Å². The van der Waals surface area contributed by atoms with E-state index in [0.717, 1.165) is 96.3 Å². The maximum Gasteiger partial charge on any atom is 0.306 e. The van der Waals surface area contributed by atoms with Gasteiger partial charge in [-0.15, -0.1) is 0 Å². The Morgan fingerprint density at radius 1 is 0.525 bits per heavy atom. The summed E-state index contributed by atoms with van der Waals surface area (Å²) in [6, 6.07) is 0. The molecule has 0 saturated carbocycles. The van der Waals surface area contributed by atoms with Gasteiger partial charge in [0.15, 0.2) is 12.4 Å². The normalized spacial score (nSPS) is 13.4. The van der Waals surface area contributed by atoms with Crippen LogP contribution >= 0.6 is 0 Å². The minimum Gasteiger partial charge on any atom is -0.545 e. The van der Waals surface area contributed by atoms with E-state index in [1.807, 2.05) is 21.1 Å². The summed E-state index contributed by atoms with van der Waals surface area (Å²) in [7, 11) is 5.90. The van der Waals surface area contributed by atoms with Gasteiger partial charge in [-0.25, -0.2) is 0 Å². The molecule has 0 aliphatic heterocycles. The molecule has 0 aromatic heterocycles. The number of unbranched alkanes of at least 4 members (excludes halogenated alkanes) is 17. The Kier molecular flexibility index (Phi) is 39.6. The Morgan fingerprint density at radius 2 is 0.966 bits per heavy atom. The molecule has 0 amide bonds. The number of allylic oxidation sites excluding steroid dienone is 10. The number of esters is 2. The van der Waals surface area contributed by atoms with Gasteiger partial charge in [0, 0.05) is 12.8 Å². The molecule has 2 atom stereocenters. The van der Waals surface area contributed by atoms with Crippen LogP contribution in [-0.4, -0.2) is 82.3 Å². The summed E-state index contributed by atoms with van der Waals surface area (Å²) in [5, 5.41) is 11.7. The van der Waals surface area contributed by atoms with Crippen LogP contribution in [0.3, 0.4) is 0 Å². The van der Waals surface area contributed by atoms with Crippen molar-refractivity contribution < 1.29 is 42.9 Å². The highest BCUT2D eigenvalue weighted by Crippen LogP contribution is 2.14. The summed E-state index contributed by atoms with van der Waals surface area (Å²) < 4.78 is 22.5. The second-order valence-electron chi connectivity index (χ2n) is 16.7. The fourth-order valence-corrected chi connectivity index (χ4v) is 6.09. The van der Waals surface area contributed by atoms with Gasteiger partial charge in [-0.3, -0.25) is 9.59 Å². The highest BCUT2D eigenvalue weighted by atomic mass is 16.7. The zero-order valence-corrected chi connectivity index (χ0v) is 38.4. The van der Waals surface area contributed by atoms with Crippen molar-refractivity contribution in [3.8, 4) is 0 Å². The maximum absolute atomic E-state index is 12.8. The Labute approximate surface area is 361 Å². The molecule has 0 aliphatic rings. The average molecular weight is 830 g/mol. The molecule has 0 fully saturated rings. The Morgan fingerprint density at radius 3 is 1.46 bits per heavy atom. The van der Waals surface area contributed by atoms with Gasteiger partial charge in [0.05, 0.1) is 40.3 Å². The molecule has 0 aromatic rings. The topological polar surface area (TPSA) is 111 Å². The number of carbonyl (C=O) groups excluding carboxylic acids is 3. The molecule has 0 bridgehead atoms. The van der Waals surface area contributed by atoms with Crippen LogP contribution in [0.5, 0.6) is 0 Å². The first kappa shape index (κ1) is 56.0. The summed E-state index contributed by atoms with van der Waals surface area (Å²) in [6.07, 6.45) is 46.8. The van der Waals surface area contributed by atoms with Crippen LogP contribution in [0.15, 0.2) is 60.8 Å². The van der Waals surface area contributed by atoms with E-state index in [1.165, 1.54) is 51.4 Å². The molecule has 0 heterocycles. The quantitative estimate of drug-likeness (QED) is 0.0197. The Hall–Kier alpha value is -3.01. The van der Waals surface area contributed by atoms with Crippen molar-refractivity contribution in [2.24, 2.45) is 0 Å². The molecule has 0 spiro atoms. The van der Waals surface area contributed by atoms with Crippen molar-refractivity contribution >= 4 is 17.9 Å². The van der Waals surface area contributed by atoms with Crippen molar-refractivity contribution in [3.05, 3.63) is 60.8 Å². The largest absolute Gasteiger partial charge is 0.545 e. The number of rotatable bonds is 42. The predicted molar refractivity (Wildman–Crippen MR) is 242 cm³/mol. The zero-order valence-electron chi connectivity index (χ0n) is 38.4. The van der Waals surface area contributed by atoms with E-state index in [1.54, 1.807) is 0 Å². The van der Waals surface area contributed by atoms with Crippen LogP contribution in [0.25, 0.3) is 0 Å². The van der Waals surface area contributed by atoms with Gasteiger partial charge in [-0.05, 0) is 70.6 Å². The van der Waals surface area contributed by atoms with Crippen LogP contribution in [0, 0.1) is 0 Å². The number of hydrogen-bond donors (Lipinski definition) is 0. The van der Waals surface area contributed by atoms with Crippen LogP contribution in [0.1, 0.15) is 181 Å². The van der Waals surface area contributed by atoms with E-state index >= 15 is 0 Å². The number of ether oxygens (including phenoxy) is 4. The maximum atomic E-state index is 12.8. The Bertz CT molecular complexity index is 1150. The summed E-state index contributed by atoms with van der Waals surface area (Å²) >= 11 is 0. The molecule has 0 aromatic carbocycles. The lowest BCUT2D eigenvalue weighted by atomic mass is 10.0. The number of carboxylic acid groups (broad SMARTS) is 1. The molecular weight excluding hydrogens is 743 g/mol. The highest BCUT2D eigenvalue weighted by molar-refractivity contribution is 5.70. The van der Waals surface area contributed by atoms with E-state index < -0.39 is 24.3 Å². The second-order valence-corrected chi connectivity index (χ2v) is 16.7. The molecular formula is C50H87NO8. The fraction of sp³-hybridized carbons (Fsp3) is 0.740. The number of carboxylic acids is 1. The van der Waals surface area contributed by atoms with Crippen molar-refractivity contribution in [3.63, 3.8) is 0 Å². The van der Waals surface area contributed by atoms with Gasteiger partial charge in [0.25, 0.3) is 0 Å². The smallest absolute Gasteiger partial charge is 0.306 e. The molecule has 0 N–H and O–H groups in total. The van der Waals surface area contributed by atoms with Gasteiger partial charge >= 0.3 is 11.9 Å². The lowest BCUT2D eigenvalue weighted by Crippen LogP contribution is -2.44. The van der Waals surface area contributed by atoms with E-state index in [0.29, 0.717) is 17.4 Å². The lowest BCUT2D eigenvalue weighted by molar-refractivity contribution is -0.870. The number of likely N-dealkylation sites (N-methyl/N-ethyl adjacent to an activating group) is 1. The number of aliphatic carboxylic acids is 1. The molecule has 0 aliphatic carbocycles. The third-order valence-corrected chi connectivity index (χ3v) is 9.75. The van der Waals surface area contributed by atoms with Crippen LogP contribution in [-0.2, 0) is 33.3 Å². The van der Waals surface area contributed by atoms with Gasteiger partial charge in [-0.2, -0.15) is 0 Å². The van der Waals surface area contributed by atoms with Gasteiger partial charge in [-0.1, -0.05) is 158 Å².